The van der Waals surface area contributed by atoms with Crippen molar-refractivity contribution in [2.24, 2.45) is 5.41 Å². The number of esters is 1. The lowest BCUT2D eigenvalue weighted by Crippen LogP contribution is -2.40. The molecule has 0 N–H and O–H groups in total. The lowest BCUT2D eigenvalue weighted by molar-refractivity contribution is -0.143. The van der Waals surface area contributed by atoms with Gasteiger partial charge in [0, 0.05) is 30.4 Å². The monoisotopic (exact) mass is 316 g/mol. The van der Waals surface area contributed by atoms with Crippen LogP contribution in [0.4, 0.5) is 10.1 Å². The second-order valence-corrected chi connectivity index (χ2v) is 6.54. The summed E-state index contributed by atoms with van der Waals surface area (Å²) in [6.45, 7) is 3.80. The van der Waals surface area contributed by atoms with Gasteiger partial charge in [-0.25, -0.2) is 4.39 Å². The van der Waals surface area contributed by atoms with Crippen LogP contribution >= 0.6 is 0 Å². The van der Waals surface area contributed by atoms with E-state index in [4.69, 9.17) is 4.74 Å². The number of anilines is 1. The SMILES string of the molecule is COC(=O)CC1(C)CCN(c2ccnc3ccc(F)cc23)CC1. The Hall–Kier alpha value is -2.17. The molecule has 1 fully saturated rings. The highest BCUT2D eigenvalue weighted by molar-refractivity contribution is 5.91. The number of aromatic nitrogens is 1. The number of ether oxygens (including phenoxy) is 1. The summed E-state index contributed by atoms with van der Waals surface area (Å²) in [7, 11) is 1.43. The molecule has 0 aliphatic carbocycles. The number of pyridine rings is 1. The first-order chi connectivity index (χ1) is 11.0. The van der Waals surface area contributed by atoms with Crippen LogP contribution in [0.5, 0.6) is 0 Å². The number of carbonyl (C=O) groups excluding carboxylic acids is 1. The Morgan fingerprint density at radius 2 is 2.09 bits per heavy atom. The molecule has 1 aliphatic rings. The number of methoxy groups -OCH3 is 1. The third kappa shape index (κ3) is 3.28. The quantitative estimate of drug-likeness (QED) is 0.812. The van der Waals surface area contributed by atoms with Crippen LogP contribution in [-0.2, 0) is 9.53 Å². The Labute approximate surface area is 135 Å². The largest absolute Gasteiger partial charge is 0.469 e. The Balaban J connectivity index is 1.80. The molecule has 2 aromatic rings. The topological polar surface area (TPSA) is 42.4 Å². The average Bonchev–Trinajstić information content (AvgIpc) is 2.55. The van der Waals surface area contributed by atoms with Crippen LogP contribution in [0, 0.1) is 11.2 Å². The molecule has 3 rings (SSSR count). The number of nitrogens with zero attached hydrogens (tertiary/aromatic N) is 2. The molecule has 0 bridgehead atoms. The first-order valence-electron chi connectivity index (χ1n) is 7.87. The first kappa shape index (κ1) is 15.7. The zero-order chi connectivity index (χ0) is 16.4. The number of carbonyl (C=O) groups is 1. The van der Waals surface area contributed by atoms with Crippen LogP contribution in [0.15, 0.2) is 30.5 Å². The number of rotatable bonds is 3. The Kier molecular flexibility index (Phi) is 4.20. The molecule has 0 spiro atoms. The van der Waals surface area contributed by atoms with E-state index >= 15 is 0 Å². The van der Waals surface area contributed by atoms with Gasteiger partial charge in [0.05, 0.1) is 19.0 Å². The highest BCUT2D eigenvalue weighted by atomic mass is 19.1. The molecule has 1 aliphatic heterocycles. The number of piperidine rings is 1. The molecule has 0 unspecified atom stereocenters. The summed E-state index contributed by atoms with van der Waals surface area (Å²) >= 11 is 0. The Morgan fingerprint density at radius 1 is 1.35 bits per heavy atom. The van der Waals surface area contributed by atoms with Gasteiger partial charge in [0.1, 0.15) is 5.82 Å². The van der Waals surface area contributed by atoms with Crippen molar-refractivity contribution in [1.29, 1.82) is 0 Å². The van der Waals surface area contributed by atoms with Crippen molar-refractivity contribution < 1.29 is 13.9 Å². The molecular weight excluding hydrogens is 295 g/mol. The molecule has 1 aromatic heterocycles. The molecule has 23 heavy (non-hydrogen) atoms. The lowest BCUT2D eigenvalue weighted by atomic mass is 9.77. The summed E-state index contributed by atoms with van der Waals surface area (Å²) < 4.78 is 18.4. The van der Waals surface area contributed by atoms with Gasteiger partial charge >= 0.3 is 5.97 Å². The van der Waals surface area contributed by atoms with Crippen molar-refractivity contribution in [3.8, 4) is 0 Å². The van der Waals surface area contributed by atoms with Crippen molar-refractivity contribution in [3.05, 3.63) is 36.3 Å². The third-order valence-corrected chi connectivity index (χ3v) is 4.79. The number of halogens is 1. The van der Waals surface area contributed by atoms with E-state index < -0.39 is 0 Å². The van der Waals surface area contributed by atoms with Gasteiger partial charge in [-0.05, 0) is 42.5 Å². The van der Waals surface area contributed by atoms with Crippen molar-refractivity contribution >= 4 is 22.6 Å². The molecule has 1 aromatic carbocycles. The molecule has 2 heterocycles. The van der Waals surface area contributed by atoms with Crippen LogP contribution < -0.4 is 4.90 Å². The normalized spacial score (nSPS) is 17.3. The van der Waals surface area contributed by atoms with Crippen LogP contribution in [0.25, 0.3) is 10.9 Å². The molecule has 0 saturated carbocycles. The molecule has 1 saturated heterocycles. The minimum Gasteiger partial charge on any atom is -0.469 e. The van der Waals surface area contributed by atoms with E-state index in [2.05, 4.69) is 16.8 Å². The number of hydrogen-bond donors (Lipinski definition) is 0. The number of hydrogen-bond acceptors (Lipinski definition) is 4. The van der Waals surface area contributed by atoms with Crippen molar-refractivity contribution in [2.75, 3.05) is 25.1 Å². The Bertz CT molecular complexity index is 724. The highest BCUT2D eigenvalue weighted by Gasteiger charge is 2.33. The van der Waals surface area contributed by atoms with E-state index in [1.165, 1.54) is 13.2 Å². The predicted octanol–water partition coefficient (Wildman–Crippen LogP) is 3.54. The van der Waals surface area contributed by atoms with Gasteiger partial charge in [-0.3, -0.25) is 9.78 Å². The van der Waals surface area contributed by atoms with E-state index in [1.807, 2.05) is 6.07 Å². The molecule has 0 amide bonds. The maximum Gasteiger partial charge on any atom is 0.306 e. The van der Waals surface area contributed by atoms with E-state index in [1.54, 1.807) is 18.3 Å². The smallest absolute Gasteiger partial charge is 0.306 e. The standard InChI is InChI=1S/C18H21FN2O2/c1-18(12-17(22)23-2)6-9-21(10-7-18)16-5-8-20-15-4-3-13(19)11-14(15)16/h3-5,8,11H,6-7,9-10,12H2,1-2H3. The van der Waals surface area contributed by atoms with Crippen molar-refractivity contribution in [2.45, 2.75) is 26.2 Å². The predicted molar refractivity (Wildman–Crippen MR) is 87.9 cm³/mol. The number of fused-ring (bicyclic) bond motifs is 1. The van der Waals surface area contributed by atoms with Gasteiger partial charge in [0.15, 0.2) is 0 Å². The summed E-state index contributed by atoms with van der Waals surface area (Å²) in [5.41, 5.74) is 1.78. The van der Waals surface area contributed by atoms with Gasteiger partial charge in [0.25, 0.3) is 0 Å². The van der Waals surface area contributed by atoms with E-state index in [9.17, 15) is 9.18 Å². The molecule has 0 radical (unpaired) electrons. The van der Waals surface area contributed by atoms with Crippen LogP contribution in [-0.4, -0.2) is 31.2 Å². The van der Waals surface area contributed by atoms with Crippen LogP contribution in [0.3, 0.4) is 0 Å². The van der Waals surface area contributed by atoms with E-state index in [0.717, 1.165) is 42.5 Å². The Morgan fingerprint density at radius 3 is 2.78 bits per heavy atom. The summed E-state index contributed by atoms with van der Waals surface area (Å²) in [4.78, 5) is 18.1. The minimum absolute atomic E-state index is 0.0301. The van der Waals surface area contributed by atoms with Gasteiger partial charge in [-0.1, -0.05) is 6.92 Å². The summed E-state index contributed by atoms with van der Waals surface area (Å²) in [6.07, 6.45) is 4.02. The fraction of sp³-hybridized carbons (Fsp3) is 0.444. The van der Waals surface area contributed by atoms with Gasteiger partial charge in [-0.15, -0.1) is 0 Å². The maximum absolute atomic E-state index is 13.6. The van der Waals surface area contributed by atoms with E-state index in [0.29, 0.717) is 6.42 Å². The molecule has 5 heteroatoms. The second kappa shape index (κ2) is 6.14. The van der Waals surface area contributed by atoms with Gasteiger partial charge in [-0.2, -0.15) is 0 Å². The summed E-state index contributed by atoms with van der Waals surface area (Å²) in [5.74, 6) is -0.406. The zero-order valence-corrected chi connectivity index (χ0v) is 13.5. The van der Waals surface area contributed by atoms with Crippen LogP contribution in [0.1, 0.15) is 26.2 Å². The second-order valence-electron chi connectivity index (χ2n) is 6.54. The lowest BCUT2D eigenvalue weighted by Gasteiger charge is -2.40. The van der Waals surface area contributed by atoms with Crippen molar-refractivity contribution in [1.82, 2.24) is 4.98 Å². The van der Waals surface area contributed by atoms with E-state index in [-0.39, 0.29) is 17.2 Å². The third-order valence-electron chi connectivity index (χ3n) is 4.79. The zero-order valence-electron chi connectivity index (χ0n) is 13.5. The molecule has 4 nitrogen and oxygen atoms in total. The molecular formula is C18H21FN2O2. The minimum atomic E-state index is -0.251. The fourth-order valence-electron chi connectivity index (χ4n) is 3.26. The number of benzene rings is 1. The van der Waals surface area contributed by atoms with Gasteiger partial charge < -0.3 is 9.64 Å². The molecule has 122 valence electrons. The first-order valence-corrected chi connectivity index (χ1v) is 7.87. The summed E-state index contributed by atoms with van der Waals surface area (Å²) in [6, 6.07) is 6.62. The fourth-order valence-corrected chi connectivity index (χ4v) is 3.26. The summed E-state index contributed by atoms with van der Waals surface area (Å²) in [5, 5.41) is 0.837. The highest BCUT2D eigenvalue weighted by Crippen LogP contribution is 2.37. The molecule has 0 atom stereocenters. The van der Waals surface area contributed by atoms with Gasteiger partial charge in [0.2, 0.25) is 0 Å². The van der Waals surface area contributed by atoms with Crippen LogP contribution in [0.2, 0.25) is 0 Å². The maximum atomic E-state index is 13.6. The average molecular weight is 316 g/mol. The van der Waals surface area contributed by atoms with Crippen molar-refractivity contribution in [3.63, 3.8) is 0 Å².